The fraction of sp³-hybridized carbons (Fsp3) is 0.667. The van der Waals surface area contributed by atoms with Gasteiger partial charge in [-0.05, 0) is 49.7 Å². The van der Waals surface area contributed by atoms with E-state index in [1.807, 2.05) is 7.05 Å². The molecule has 2 aliphatic heterocycles. The standard InChI is InChI=1S/C21H34N4O.HI/c1-22-21(24(2)12-8-18-10-14-26-15-11-18)23-16-19-9-13-25(17-19)20-6-4-3-5-7-20;/h3-7,18-19H,8-17H2,1-2H3,(H,22,23);1H. The highest BCUT2D eigenvalue weighted by atomic mass is 127. The third kappa shape index (κ3) is 6.82. The third-order valence-corrected chi connectivity index (χ3v) is 5.74. The first-order valence-electron chi connectivity index (χ1n) is 10.1. The van der Waals surface area contributed by atoms with Crippen LogP contribution in [0.2, 0.25) is 0 Å². The van der Waals surface area contributed by atoms with Gasteiger partial charge >= 0.3 is 0 Å². The van der Waals surface area contributed by atoms with Gasteiger partial charge in [0.05, 0.1) is 0 Å². The largest absolute Gasteiger partial charge is 0.381 e. The highest BCUT2D eigenvalue weighted by molar-refractivity contribution is 14.0. The van der Waals surface area contributed by atoms with E-state index in [0.29, 0.717) is 5.92 Å². The molecular weight excluding hydrogens is 451 g/mol. The number of nitrogens with zero attached hydrogens (tertiary/aromatic N) is 3. The van der Waals surface area contributed by atoms with Gasteiger partial charge in [-0.2, -0.15) is 0 Å². The van der Waals surface area contributed by atoms with Crippen LogP contribution >= 0.6 is 24.0 Å². The van der Waals surface area contributed by atoms with E-state index in [1.165, 1.54) is 31.4 Å². The maximum absolute atomic E-state index is 5.46. The average Bonchev–Trinajstić information content (AvgIpc) is 3.17. The van der Waals surface area contributed by atoms with Gasteiger partial charge in [0, 0.05) is 59.2 Å². The van der Waals surface area contributed by atoms with Crippen LogP contribution in [0.5, 0.6) is 0 Å². The first-order valence-corrected chi connectivity index (χ1v) is 10.1. The van der Waals surface area contributed by atoms with Crippen LogP contribution in [-0.4, -0.2) is 64.3 Å². The molecule has 0 bridgehead atoms. The summed E-state index contributed by atoms with van der Waals surface area (Å²) in [5.41, 5.74) is 1.34. The molecule has 3 rings (SSSR count). The van der Waals surface area contributed by atoms with Crippen molar-refractivity contribution in [1.82, 2.24) is 10.2 Å². The zero-order chi connectivity index (χ0) is 18.2. The lowest BCUT2D eigenvalue weighted by molar-refractivity contribution is 0.0625. The lowest BCUT2D eigenvalue weighted by Crippen LogP contribution is -2.42. The van der Waals surface area contributed by atoms with Crippen molar-refractivity contribution in [2.75, 3.05) is 58.4 Å². The van der Waals surface area contributed by atoms with E-state index >= 15 is 0 Å². The first kappa shape index (κ1) is 22.3. The number of nitrogens with one attached hydrogen (secondary N) is 1. The van der Waals surface area contributed by atoms with Gasteiger partial charge in [0.1, 0.15) is 0 Å². The van der Waals surface area contributed by atoms with Crippen LogP contribution in [0.25, 0.3) is 0 Å². The Morgan fingerprint density at radius 3 is 2.63 bits per heavy atom. The van der Waals surface area contributed by atoms with Gasteiger partial charge in [-0.1, -0.05) is 18.2 Å². The Labute approximate surface area is 181 Å². The fourth-order valence-corrected chi connectivity index (χ4v) is 4.01. The number of para-hydroxylation sites is 1. The van der Waals surface area contributed by atoms with Crippen LogP contribution in [-0.2, 0) is 4.74 Å². The molecule has 6 heteroatoms. The number of aliphatic imine (C=N–C) groups is 1. The summed E-state index contributed by atoms with van der Waals surface area (Å²) in [5.74, 6) is 2.50. The predicted octanol–water partition coefficient (Wildman–Crippen LogP) is 3.45. The van der Waals surface area contributed by atoms with Crippen LogP contribution in [0.3, 0.4) is 0 Å². The Hall–Kier alpha value is -1.02. The van der Waals surface area contributed by atoms with Crippen molar-refractivity contribution in [3.8, 4) is 0 Å². The average molecular weight is 486 g/mol. The van der Waals surface area contributed by atoms with E-state index in [1.54, 1.807) is 0 Å². The lowest BCUT2D eigenvalue weighted by atomic mass is 9.96. The summed E-state index contributed by atoms with van der Waals surface area (Å²) < 4.78 is 5.46. The number of anilines is 1. The van der Waals surface area contributed by atoms with E-state index in [-0.39, 0.29) is 24.0 Å². The van der Waals surface area contributed by atoms with Crippen molar-refractivity contribution in [2.45, 2.75) is 25.7 Å². The Kier molecular flexibility index (Phi) is 9.68. The zero-order valence-electron chi connectivity index (χ0n) is 16.8. The topological polar surface area (TPSA) is 40.1 Å². The number of hydrogen-bond acceptors (Lipinski definition) is 3. The van der Waals surface area contributed by atoms with Crippen molar-refractivity contribution < 1.29 is 4.74 Å². The number of halogens is 1. The van der Waals surface area contributed by atoms with Crippen LogP contribution in [0.15, 0.2) is 35.3 Å². The van der Waals surface area contributed by atoms with Crippen LogP contribution in [0.1, 0.15) is 25.7 Å². The first-order chi connectivity index (χ1) is 12.8. The van der Waals surface area contributed by atoms with Gasteiger partial charge in [-0.15, -0.1) is 24.0 Å². The number of rotatable bonds is 6. The minimum absolute atomic E-state index is 0. The van der Waals surface area contributed by atoms with Crippen LogP contribution < -0.4 is 10.2 Å². The highest BCUT2D eigenvalue weighted by Gasteiger charge is 2.23. The molecule has 1 unspecified atom stereocenters. The minimum atomic E-state index is 0. The Balaban J connectivity index is 0.00000261. The van der Waals surface area contributed by atoms with Crippen LogP contribution in [0, 0.1) is 11.8 Å². The highest BCUT2D eigenvalue weighted by Crippen LogP contribution is 2.23. The molecule has 0 amide bonds. The third-order valence-electron chi connectivity index (χ3n) is 5.74. The molecule has 1 aromatic carbocycles. The molecule has 2 aliphatic rings. The molecular formula is C21H35IN4O. The fourth-order valence-electron chi connectivity index (χ4n) is 4.01. The molecule has 152 valence electrons. The SMILES string of the molecule is CN=C(NCC1CCN(c2ccccc2)C1)N(C)CCC1CCOCC1.I. The van der Waals surface area contributed by atoms with E-state index in [4.69, 9.17) is 4.74 Å². The molecule has 5 nitrogen and oxygen atoms in total. The molecule has 1 N–H and O–H groups in total. The van der Waals surface area contributed by atoms with Gasteiger partial charge in [-0.3, -0.25) is 4.99 Å². The predicted molar refractivity (Wildman–Crippen MR) is 124 cm³/mol. The number of benzene rings is 1. The second-order valence-corrected chi connectivity index (χ2v) is 7.63. The van der Waals surface area contributed by atoms with Crippen molar-refractivity contribution in [3.63, 3.8) is 0 Å². The lowest BCUT2D eigenvalue weighted by Gasteiger charge is -2.27. The second kappa shape index (κ2) is 11.7. The summed E-state index contributed by atoms with van der Waals surface area (Å²) in [7, 11) is 4.04. The summed E-state index contributed by atoms with van der Waals surface area (Å²) in [4.78, 5) is 9.25. The molecule has 2 heterocycles. The Bertz CT molecular complexity index is 563. The summed E-state index contributed by atoms with van der Waals surface area (Å²) >= 11 is 0. The number of ether oxygens (including phenoxy) is 1. The molecule has 0 radical (unpaired) electrons. The molecule has 0 saturated carbocycles. The Morgan fingerprint density at radius 1 is 1.19 bits per heavy atom. The van der Waals surface area contributed by atoms with Gasteiger partial charge < -0.3 is 19.9 Å². The quantitative estimate of drug-likeness (QED) is 0.380. The zero-order valence-corrected chi connectivity index (χ0v) is 19.1. The molecule has 27 heavy (non-hydrogen) atoms. The molecule has 2 saturated heterocycles. The van der Waals surface area contributed by atoms with Crippen molar-refractivity contribution >= 4 is 35.6 Å². The van der Waals surface area contributed by atoms with Gasteiger partial charge in [0.25, 0.3) is 0 Å². The summed E-state index contributed by atoms with van der Waals surface area (Å²) in [6, 6.07) is 10.7. The minimum Gasteiger partial charge on any atom is -0.381 e. The van der Waals surface area contributed by atoms with Gasteiger partial charge in [0.15, 0.2) is 5.96 Å². The maximum Gasteiger partial charge on any atom is 0.193 e. The normalized spacial score (nSPS) is 21.0. The smallest absolute Gasteiger partial charge is 0.193 e. The van der Waals surface area contributed by atoms with E-state index in [0.717, 1.165) is 51.3 Å². The summed E-state index contributed by atoms with van der Waals surface area (Å²) in [5, 5.41) is 3.60. The number of guanidine groups is 1. The maximum atomic E-state index is 5.46. The molecule has 1 atom stereocenters. The van der Waals surface area contributed by atoms with Crippen molar-refractivity contribution in [2.24, 2.45) is 16.8 Å². The molecule has 0 aromatic heterocycles. The van der Waals surface area contributed by atoms with E-state index < -0.39 is 0 Å². The summed E-state index contributed by atoms with van der Waals surface area (Å²) in [6.45, 7) is 6.19. The van der Waals surface area contributed by atoms with E-state index in [2.05, 4.69) is 57.5 Å². The molecule has 2 fully saturated rings. The Morgan fingerprint density at radius 2 is 1.93 bits per heavy atom. The van der Waals surface area contributed by atoms with Crippen molar-refractivity contribution in [3.05, 3.63) is 30.3 Å². The monoisotopic (exact) mass is 486 g/mol. The van der Waals surface area contributed by atoms with Crippen LogP contribution in [0.4, 0.5) is 5.69 Å². The summed E-state index contributed by atoms with van der Waals surface area (Å²) in [6.07, 6.45) is 4.88. The number of hydrogen-bond donors (Lipinski definition) is 1. The molecule has 1 aromatic rings. The molecule has 0 spiro atoms. The van der Waals surface area contributed by atoms with Crippen molar-refractivity contribution in [1.29, 1.82) is 0 Å². The van der Waals surface area contributed by atoms with Gasteiger partial charge in [0.2, 0.25) is 0 Å². The second-order valence-electron chi connectivity index (χ2n) is 7.63. The molecule has 0 aliphatic carbocycles. The van der Waals surface area contributed by atoms with E-state index in [9.17, 15) is 0 Å². The van der Waals surface area contributed by atoms with Gasteiger partial charge in [-0.25, -0.2) is 0 Å².